The summed E-state index contributed by atoms with van der Waals surface area (Å²) in [6.45, 7) is 0. The number of amides is 2. The van der Waals surface area contributed by atoms with Gasteiger partial charge in [-0.3, -0.25) is 9.59 Å². The second-order valence-electron chi connectivity index (χ2n) is 3.40. The molecule has 0 fully saturated rings. The minimum Gasteiger partial charge on any atom is -0.480 e. The molecule has 0 unspecified atom stereocenters. The zero-order chi connectivity index (χ0) is 13.7. The monoisotopic (exact) mass is 271 g/mol. The number of carbonyl (C=O) groups is 3. The number of aliphatic carboxylic acids is 1. The Bertz CT molecular complexity index is 475. The van der Waals surface area contributed by atoms with Crippen LogP contribution in [-0.4, -0.2) is 33.9 Å². The second-order valence-corrected chi connectivity index (χ2v) is 3.83. The van der Waals surface area contributed by atoms with Gasteiger partial charge in [0.25, 0.3) is 5.91 Å². The highest BCUT2D eigenvalue weighted by molar-refractivity contribution is 6.30. The number of nitrogens with one attached hydrogen (secondary N) is 1. The predicted octanol–water partition coefficient (Wildman–Crippen LogP) is -0.207. The average molecular weight is 272 g/mol. The number of pyridine rings is 1. The largest absolute Gasteiger partial charge is 0.480 e. The van der Waals surface area contributed by atoms with Crippen molar-refractivity contribution in [3.63, 3.8) is 0 Å². The predicted molar refractivity (Wildman–Crippen MR) is 61.9 cm³/mol. The number of nitrogens with two attached hydrogens (primary N) is 1. The van der Waals surface area contributed by atoms with Gasteiger partial charge in [-0.2, -0.15) is 0 Å². The summed E-state index contributed by atoms with van der Waals surface area (Å²) in [5.74, 6) is -2.90. The highest BCUT2D eigenvalue weighted by atomic mass is 35.5. The number of carboxylic acid groups (broad SMARTS) is 1. The summed E-state index contributed by atoms with van der Waals surface area (Å²) in [6.07, 6.45) is 0.759. The smallest absolute Gasteiger partial charge is 0.326 e. The van der Waals surface area contributed by atoms with E-state index in [2.05, 4.69) is 10.3 Å². The van der Waals surface area contributed by atoms with E-state index in [9.17, 15) is 14.4 Å². The van der Waals surface area contributed by atoms with Crippen LogP contribution in [0.2, 0.25) is 5.02 Å². The van der Waals surface area contributed by atoms with Crippen molar-refractivity contribution in [1.82, 2.24) is 10.3 Å². The van der Waals surface area contributed by atoms with Gasteiger partial charge in [-0.25, -0.2) is 9.78 Å². The minimum atomic E-state index is -1.38. The first-order valence-electron chi connectivity index (χ1n) is 4.83. The van der Waals surface area contributed by atoms with E-state index in [0.29, 0.717) is 5.02 Å². The van der Waals surface area contributed by atoms with Gasteiger partial charge in [0.05, 0.1) is 11.4 Å². The van der Waals surface area contributed by atoms with Crippen LogP contribution in [0.1, 0.15) is 16.9 Å². The number of carboxylic acids is 1. The standard InChI is InChI=1S/C10H10ClN3O4/c11-5-1-2-6(13-4-5)9(16)14-7(10(17)18)3-8(12)15/h1-2,4,7H,3H2,(H2,12,15)(H,14,16)(H,17,18)/t7-/m1/s1. The lowest BCUT2D eigenvalue weighted by molar-refractivity contribution is -0.140. The molecule has 96 valence electrons. The Balaban J connectivity index is 2.75. The molecule has 2 amide bonds. The van der Waals surface area contributed by atoms with Gasteiger partial charge in [0.1, 0.15) is 11.7 Å². The third-order valence-electron chi connectivity index (χ3n) is 1.97. The van der Waals surface area contributed by atoms with Crippen LogP contribution in [0, 0.1) is 0 Å². The third-order valence-corrected chi connectivity index (χ3v) is 2.19. The summed E-state index contributed by atoms with van der Waals surface area (Å²) < 4.78 is 0. The highest BCUT2D eigenvalue weighted by Crippen LogP contribution is 2.06. The van der Waals surface area contributed by atoms with Crippen molar-refractivity contribution < 1.29 is 19.5 Å². The number of carbonyl (C=O) groups excluding carboxylic acids is 2. The van der Waals surface area contributed by atoms with Crippen LogP contribution < -0.4 is 11.1 Å². The molecular formula is C10H10ClN3O4. The molecule has 1 aromatic heterocycles. The van der Waals surface area contributed by atoms with Gasteiger partial charge >= 0.3 is 5.97 Å². The van der Waals surface area contributed by atoms with Gasteiger partial charge in [-0.05, 0) is 12.1 Å². The molecule has 4 N–H and O–H groups in total. The maximum absolute atomic E-state index is 11.6. The van der Waals surface area contributed by atoms with Crippen LogP contribution in [0.5, 0.6) is 0 Å². The topological polar surface area (TPSA) is 122 Å². The zero-order valence-corrected chi connectivity index (χ0v) is 9.85. The van der Waals surface area contributed by atoms with E-state index in [4.69, 9.17) is 22.4 Å². The Morgan fingerprint density at radius 1 is 1.44 bits per heavy atom. The van der Waals surface area contributed by atoms with Crippen molar-refractivity contribution in [1.29, 1.82) is 0 Å². The van der Waals surface area contributed by atoms with Gasteiger partial charge in [-0.15, -0.1) is 0 Å². The normalized spacial score (nSPS) is 11.6. The fourth-order valence-electron chi connectivity index (χ4n) is 1.14. The fraction of sp³-hybridized carbons (Fsp3) is 0.200. The van der Waals surface area contributed by atoms with Crippen LogP contribution in [0.25, 0.3) is 0 Å². The maximum atomic E-state index is 11.6. The lowest BCUT2D eigenvalue weighted by atomic mass is 10.2. The van der Waals surface area contributed by atoms with Gasteiger partial charge in [0.2, 0.25) is 5.91 Å². The summed E-state index contributed by atoms with van der Waals surface area (Å²) >= 11 is 5.59. The molecule has 1 aromatic rings. The first-order valence-corrected chi connectivity index (χ1v) is 5.21. The van der Waals surface area contributed by atoms with Crippen molar-refractivity contribution in [3.8, 4) is 0 Å². The Morgan fingerprint density at radius 3 is 2.56 bits per heavy atom. The molecule has 7 nitrogen and oxygen atoms in total. The number of rotatable bonds is 5. The van der Waals surface area contributed by atoms with Crippen LogP contribution in [-0.2, 0) is 9.59 Å². The van der Waals surface area contributed by atoms with Crippen LogP contribution in [0.3, 0.4) is 0 Å². The van der Waals surface area contributed by atoms with Gasteiger partial charge in [-0.1, -0.05) is 11.6 Å². The number of primary amides is 1. The lowest BCUT2D eigenvalue weighted by Crippen LogP contribution is -2.43. The Labute approximate surface area is 107 Å². The molecule has 8 heteroatoms. The Morgan fingerprint density at radius 2 is 2.11 bits per heavy atom. The van der Waals surface area contributed by atoms with Crippen molar-refractivity contribution >= 4 is 29.4 Å². The molecule has 0 aliphatic carbocycles. The number of halogens is 1. The van der Waals surface area contributed by atoms with E-state index < -0.39 is 30.2 Å². The molecule has 0 aliphatic heterocycles. The summed E-state index contributed by atoms with van der Waals surface area (Å²) in [4.78, 5) is 36.8. The molecule has 18 heavy (non-hydrogen) atoms. The van der Waals surface area contributed by atoms with Crippen molar-refractivity contribution in [2.45, 2.75) is 12.5 Å². The molecular weight excluding hydrogens is 262 g/mol. The number of hydrogen-bond donors (Lipinski definition) is 3. The third kappa shape index (κ3) is 4.02. The van der Waals surface area contributed by atoms with Crippen LogP contribution in [0.15, 0.2) is 18.3 Å². The molecule has 1 rings (SSSR count). The molecule has 0 radical (unpaired) electrons. The van der Waals surface area contributed by atoms with E-state index in [1.807, 2.05) is 0 Å². The lowest BCUT2D eigenvalue weighted by Gasteiger charge is -2.12. The first kappa shape index (κ1) is 13.9. The van der Waals surface area contributed by atoms with E-state index in [1.54, 1.807) is 0 Å². The molecule has 1 atom stereocenters. The quantitative estimate of drug-likeness (QED) is 0.684. The fourth-order valence-corrected chi connectivity index (χ4v) is 1.26. The molecule has 0 aliphatic rings. The SMILES string of the molecule is NC(=O)C[C@@H](NC(=O)c1ccc(Cl)cn1)C(=O)O. The summed E-state index contributed by atoms with van der Waals surface area (Å²) in [7, 11) is 0. The zero-order valence-electron chi connectivity index (χ0n) is 9.09. The van der Waals surface area contributed by atoms with Crippen molar-refractivity contribution in [2.24, 2.45) is 5.73 Å². The van der Waals surface area contributed by atoms with Crippen molar-refractivity contribution in [3.05, 3.63) is 29.0 Å². The molecule has 0 bridgehead atoms. The second kappa shape index (κ2) is 5.97. The summed E-state index contributed by atoms with van der Waals surface area (Å²) in [6, 6.07) is 1.39. The molecule has 0 saturated heterocycles. The van der Waals surface area contributed by atoms with Gasteiger partial charge < -0.3 is 16.2 Å². The van der Waals surface area contributed by atoms with E-state index in [0.717, 1.165) is 0 Å². The van der Waals surface area contributed by atoms with Crippen LogP contribution >= 0.6 is 11.6 Å². The number of nitrogens with zero attached hydrogens (tertiary/aromatic N) is 1. The number of hydrogen-bond acceptors (Lipinski definition) is 4. The molecule has 1 heterocycles. The Kier molecular flexibility index (Phi) is 4.61. The average Bonchev–Trinajstić information content (AvgIpc) is 2.28. The minimum absolute atomic E-state index is 0.00452. The van der Waals surface area contributed by atoms with E-state index in [1.165, 1.54) is 18.3 Å². The summed E-state index contributed by atoms with van der Waals surface area (Å²) in [5.41, 5.74) is 4.87. The molecule has 0 saturated carbocycles. The van der Waals surface area contributed by atoms with Crippen molar-refractivity contribution in [2.75, 3.05) is 0 Å². The van der Waals surface area contributed by atoms with E-state index >= 15 is 0 Å². The Hall–Kier alpha value is -2.15. The first-order chi connectivity index (χ1) is 8.40. The van der Waals surface area contributed by atoms with E-state index in [-0.39, 0.29) is 5.69 Å². The summed E-state index contributed by atoms with van der Waals surface area (Å²) in [5, 5.41) is 11.3. The molecule has 0 spiro atoms. The highest BCUT2D eigenvalue weighted by Gasteiger charge is 2.23. The molecule has 0 aromatic carbocycles. The van der Waals surface area contributed by atoms with Gasteiger partial charge in [0, 0.05) is 6.20 Å². The number of aromatic nitrogens is 1. The maximum Gasteiger partial charge on any atom is 0.326 e. The van der Waals surface area contributed by atoms with Gasteiger partial charge in [0.15, 0.2) is 0 Å². The van der Waals surface area contributed by atoms with Crippen LogP contribution in [0.4, 0.5) is 0 Å².